The van der Waals surface area contributed by atoms with Gasteiger partial charge in [-0.3, -0.25) is 9.69 Å². The van der Waals surface area contributed by atoms with E-state index in [9.17, 15) is 9.90 Å². The molecule has 1 N–H and O–H groups in total. The predicted octanol–water partition coefficient (Wildman–Crippen LogP) is 3.10. The number of para-hydroxylation sites is 1. The normalized spacial score (nSPS) is 20.0. The number of hydrogen-bond acceptors (Lipinski definition) is 5. The summed E-state index contributed by atoms with van der Waals surface area (Å²) in [5, 5.41) is 9.78. The van der Waals surface area contributed by atoms with Crippen LogP contribution in [0.1, 0.15) is 29.8 Å². The molecule has 1 aliphatic rings. The number of ether oxygens (including phenoxy) is 1. The SMILES string of the molecule is C[C@@H]1CN([C@H](C)CO)C(=O)c2cccc(N(C)C)c2O[C@@H]1CN(C)Cc1ccccc1. The summed E-state index contributed by atoms with van der Waals surface area (Å²) in [5.74, 6) is 0.625. The van der Waals surface area contributed by atoms with Crippen molar-refractivity contribution in [3.05, 3.63) is 59.7 Å². The van der Waals surface area contributed by atoms with Crippen molar-refractivity contribution < 1.29 is 14.6 Å². The van der Waals surface area contributed by atoms with Crippen molar-refractivity contribution in [1.82, 2.24) is 9.80 Å². The quantitative estimate of drug-likeness (QED) is 0.739. The highest BCUT2D eigenvalue weighted by Gasteiger charge is 2.34. The maximum Gasteiger partial charge on any atom is 0.258 e. The van der Waals surface area contributed by atoms with Gasteiger partial charge in [0.1, 0.15) is 6.10 Å². The van der Waals surface area contributed by atoms with Crippen LogP contribution in [0.3, 0.4) is 0 Å². The number of aliphatic hydroxyl groups is 1. The summed E-state index contributed by atoms with van der Waals surface area (Å²) < 4.78 is 6.59. The zero-order chi connectivity index (χ0) is 22.5. The van der Waals surface area contributed by atoms with Crippen molar-refractivity contribution in [2.24, 2.45) is 5.92 Å². The Labute approximate surface area is 186 Å². The summed E-state index contributed by atoms with van der Waals surface area (Å²) in [7, 11) is 6.01. The van der Waals surface area contributed by atoms with Crippen LogP contribution < -0.4 is 9.64 Å². The molecule has 2 aromatic carbocycles. The second-order valence-electron chi connectivity index (χ2n) is 8.85. The average molecular weight is 426 g/mol. The van der Waals surface area contributed by atoms with Crippen LogP contribution in [-0.4, -0.2) is 73.8 Å². The highest BCUT2D eigenvalue weighted by Crippen LogP contribution is 2.36. The summed E-state index contributed by atoms with van der Waals surface area (Å²) in [4.78, 5) is 19.4. The Balaban J connectivity index is 1.94. The number of rotatable bonds is 7. The number of fused-ring (bicyclic) bond motifs is 1. The van der Waals surface area contributed by atoms with Gasteiger partial charge in [-0.25, -0.2) is 0 Å². The third-order valence-corrected chi connectivity index (χ3v) is 5.94. The van der Waals surface area contributed by atoms with Gasteiger partial charge >= 0.3 is 0 Å². The number of nitrogens with zero attached hydrogens (tertiary/aromatic N) is 3. The highest BCUT2D eigenvalue weighted by molar-refractivity contribution is 5.99. The summed E-state index contributed by atoms with van der Waals surface area (Å²) in [5.41, 5.74) is 2.69. The molecule has 1 amide bonds. The number of aliphatic hydroxyl groups excluding tert-OH is 1. The van der Waals surface area contributed by atoms with Crippen molar-refractivity contribution in [2.45, 2.75) is 32.5 Å². The number of anilines is 1. The molecule has 0 aliphatic carbocycles. The van der Waals surface area contributed by atoms with Gasteiger partial charge < -0.3 is 19.6 Å². The zero-order valence-electron chi connectivity index (χ0n) is 19.3. The Morgan fingerprint density at radius 1 is 1.13 bits per heavy atom. The lowest BCUT2D eigenvalue weighted by molar-refractivity contribution is 0.0343. The molecular formula is C25H35N3O3. The van der Waals surface area contributed by atoms with Crippen LogP contribution in [0, 0.1) is 5.92 Å². The second kappa shape index (κ2) is 10.2. The number of amides is 1. The molecule has 0 aromatic heterocycles. The van der Waals surface area contributed by atoms with Crippen molar-refractivity contribution in [3.8, 4) is 5.75 Å². The molecule has 0 saturated heterocycles. The fourth-order valence-electron chi connectivity index (χ4n) is 4.06. The zero-order valence-corrected chi connectivity index (χ0v) is 19.3. The van der Waals surface area contributed by atoms with Crippen LogP contribution >= 0.6 is 0 Å². The molecular weight excluding hydrogens is 390 g/mol. The van der Waals surface area contributed by atoms with Crippen molar-refractivity contribution in [3.63, 3.8) is 0 Å². The number of likely N-dealkylation sites (N-methyl/N-ethyl adjacent to an activating group) is 1. The van der Waals surface area contributed by atoms with E-state index in [1.165, 1.54) is 5.56 Å². The molecule has 1 aliphatic heterocycles. The Morgan fingerprint density at radius 2 is 1.84 bits per heavy atom. The monoisotopic (exact) mass is 425 g/mol. The fourth-order valence-corrected chi connectivity index (χ4v) is 4.06. The summed E-state index contributed by atoms with van der Waals surface area (Å²) >= 11 is 0. The fraction of sp³-hybridized carbons (Fsp3) is 0.480. The Bertz CT molecular complexity index is 872. The molecule has 0 unspecified atom stereocenters. The van der Waals surface area contributed by atoms with Gasteiger partial charge in [-0.15, -0.1) is 0 Å². The summed E-state index contributed by atoms with van der Waals surface area (Å²) in [6.07, 6.45) is -0.102. The lowest BCUT2D eigenvalue weighted by atomic mass is 9.98. The van der Waals surface area contributed by atoms with E-state index in [0.717, 1.165) is 18.8 Å². The third kappa shape index (κ3) is 5.38. The van der Waals surface area contributed by atoms with E-state index in [2.05, 4.69) is 43.1 Å². The van der Waals surface area contributed by atoms with Gasteiger partial charge in [0, 0.05) is 39.6 Å². The molecule has 3 atom stereocenters. The number of benzene rings is 2. The van der Waals surface area contributed by atoms with E-state index in [1.807, 2.05) is 50.2 Å². The minimum Gasteiger partial charge on any atom is -0.486 e. The van der Waals surface area contributed by atoms with E-state index < -0.39 is 0 Å². The van der Waals surface area contributed by atoms with Crippen molar-refractivity contribution >= 4 is 11.6 Å². The van der Waals surface area contributed by atoms with Crippen molar-refractivity contribution in [1.29, 1.82) is 0 Å². The highest BCUT2D eigenvalue weighted by atomic mass is 16.5. The standard InChI is InChI=1S/C25H35N3O3/c1-18-14-28(19(2)17-29)25(30)21-12-9-13-22(26(3)4)24(21)31-23(18)16-27(5)15-20-10-7-6-8-11-20/h6-13,18-19,23,29H,14-17H2,1-5H3/t18-,19-,23-/m1/s1. The van der Waals surface area contributed by atoms with Gasteiger partial charge in [-0.1, -0.05) is 43.3 Å². The largest absolute Gasteiger partial charge is 0.486 e. The number of hydrogen-bond donors (Lipinski definition) is 1. The molecule has 1 heterocycles. The molecule has 6 nitrogen and oxygen atoms in total. The van der Waals surface area contributed by atoms with Crippen LogP contribution in [0.25, 0.3) is 0 Å². The van der Waals surface area contributed by atoms with Crippen LogP contribution in [0.15, 0.2) is 48.5 Å². The first-order valence-electron chi connectivity index (χ1n) is 10.9. The first-order chi connectivity index (χ1) is 14.8. The van der Waals surface area contributed by atoms with Crippen LogP contribution in [-0.2, 0) is 6.54 Å². The van der Waals surface area contributed by atoms with Gasteiger partial charge in [0.15, 0.2) is 5.75 Å². The molecule has 2 aromatic rings. The second-order valence-corrected chi connectivity index (χ2v) is 8.85. The Morgan fingerprint density at radius 3 is 2.48 bits per heavy atom. The van der Waals surface area contributed by atoms with Gasteiger partial charge in [0.25, 0.3) is 5.91 Å². The molecule has 0 fully saturated rings. The topological polar surface area (TPSA) is 56.3 Å². The maximum absolute atomic E-state index is 13.4. The smallest absolute Gasteiger partial charge is 0.258 e. The van der Waals surface area contributed by atoms with Crippen molar-refractivity contribution in [2.75, 3.05) is 45.7 Å². The van der Waals surface area contributed by atoms with E-state index in [0.29, 0.717) is 17.9 Å². The van der Waals surface area contributed by atoms with Gasteiger partial charge in [-0.05, 0) is 31.7 Å². The minimum atomic E-state index is -0.258. The maximum atomic E-state index is 13.4. The summed E-state index contributed by atoms with van der Waals surface area (Å²) in [6.45, 7) is 6.03. The predicted molar refractivity (Wildman–Crippen MR) is 125 cm³/mol. The van der Waals surface area contributed by atoms with E-state index in [-0.39, 0.29) is 30.6 Å². The van der Waals surface area contributed by atoms with Crippen LogP contribution in [0.4, 0.5) is 5.69 Å². The third-order valence-electron chi connectivity index (χ3n) is 5.94. The van der Waals surface area contributed by atoms with E-state index in [1.54, 1.807) is 4.90 Å². The number of carbonyl (C=O) groups excluding carboxylic acids is 1. The first kappa shape index (κ1) is 23.1. The first-order valence-corrected chi connectivity index (χ1v) is 10.9. The molecule has 0 bridgehead atoms. The molecule has 6 heteroatoms. The lowest BCUT2D eigenvalue weighted by Gasteiger charge is -2.39. The Hall–Kier alpha value is -2.57. The van der Waals surface area contributed by atoms with E-state index in [4.69, 9.17) is 4.74 Å². The molecule has 3 rings (SSSR count). The van der Waals surface area contributed by atoms with Gasteiger partial charge in [0.2, 0.25) is 0 Å². The molecule has 168 valence electrons. The lowest BCUT2D eigenvalue weighted by Crippen LogP contribution is -2.49. The average Bonchev–Trinajstić information content (AvgIpc) is 2.75. The Kier molecular flexibility index (Phi) is 7.57. The van der Waals surface area contributed by atoms with Gasteiger partial charge in [0.05, 0.1) is 23.9 Å². The number of carbonyl (C=O) groups is 1. The summed E-state index contributed by atoms with van der Waals surface area (Å²) in [6, 6.07) is 15.8. The van der Waals surface area contributed by atoms with E-state index >= 15 is 0 Å². The minimum absolute atomic E-state index is 0.0689. The molecule has 0 saturated carbocycles. The van der Waals surface area contributed by atoms with Gasteiger partial charge in [-0.2, -0.15) is 0 Å². The molecule has 0 radical (unpaired) electrons. The molecule has 0 spiro atoms. The van der Waals surface area contributed by atoms with Crippen LogP contribution in [0.2, 0.25) is 0 Å². The molecule has 31 heavy (non-hydrogen) atoms. The van der Waals surface area contributed by atoms with Crippen LogP contribution in [0.5, 0.6) is 5.75 Å².